The molecule has 0 atom stereocenters. The molecule has 0 saturated carbocycles. The van der Waals surface area contributed by atoms with E-state index in [0.717, 1.165) is 5.56 Å². The van der Waals surface area contributed by atoms with Crippen molar-refractivity contribution in [3.63, 3.8) is 0 Å². The normalized spacial score (nSPS) is 10.1. The molecule has 1 aromatic rings. The van der Waals surface area contributed by atoms with Crippen LogP contribution in [-0.2, 0) is 4.79 Å². The average Bonchev–Trinajstić information content (AvgIpc) is 2.62. The van der Waals surface area contributed by atoms with Crippen LogP contribution in [0, 0.1) is 6.92 Å². The SMILES string of the molecule is Cc1cscc1C(=O)N(C)CCCC(=O)O. The molecule has 0 radical (unpaired) electrons. The number of amides is 1. The molecule has 1 amide bonds. The van der Waals surface area contributed by atoms with Crippen LogP contribution in [0.5, 0.6) is 0 Å². The van der Waals surface area contributed by atoms with E-state index in [-0.39, 0.29) is 12.3 Å². The topological polar surface area (TPSA) is 57.6 Å². The van der Waals surface area contributed by atoms with E-state index >= 15 is 0 Å². The van der Waals surface area contributed by atoms with Gasteiger partial charge < -0.3 is 10.0 Å². The minimum absolute atomic E-state index is 0.0378. The number of carbonyl (C=O) groups excluding carboxylic acids is 1. The van der Waals surface area contributed by atoms with E-state index in [1.165, 1.54) is 11.3 Å². The van der Waals surface area contributed by atoms with Gasteiger partial charge in [-0.3, -0.25) is 9.59 Å². The third kappa shape index (κ3) is 3.34. The van der Waals surface area contributed by atoms with E-state index < -0.39 is 5.97 Å². The van der Waals surface area contributed by atoms with Crippen LogP contribution in [0.25, 0.3) is 0 Å². The molecule has 0 aliphatic carbocycles. The van der Waals surface area contributed by atoms with Crippen LogP contribution in [-0.4, -0.2) is 35.5 Å². The molecule has 0 aliphatic heterocycles. The molecule has 1 rings (SSSR count). The molecule has 0 bridgehead atoms. The van der Waals surface area contributed by atoms with Gasteiger partial charge in [-0.1, -0.05) is 0 Å². The van der Waals surface area contributed by atoms with Gasteiger partial charge in [-0.2, -0.15) is 11.3 Å². The lowest BCUT2D eigenvalue weighted by molar-refractivity contribution is -0.137. The highest BCUT2D eigenvalue weighted by molar-refractivity contribution is 7.08. The number of carboxylic acids is 1. The van der Waals surface area contributed by atoms with Crippen LogP contribution in [0.3, 0.4) is 0 Å². The van der Waals surface area contributed by atoms with Crippen molar-refractivity contribution in [3.8, 4) is 0 Å². The number of aliphatic carboxylic acids is 1. The number of thiophene rings is 1. The van der Waals surface area contributed by atoms with Gasteiger partial charge in [-0.05, 0) is 24.3 Å². The van der Waals surface area contributed by atoms with Crippen LogP contribution in [0.15, 0.2) is 10.8 Å². The smallest absolute Gasteiger partial charge is 0.303 e. The van der Waals surface area contributed by atoms with Gasteiger partial charge in [0.15, 0.2) is 0 Å². The maximum absolute atomic E-state index is 11.9. The zero-order valence-corrected chi connectivity index (χ0v) is 10.2. The number of carboxylic acid groups (broad SMARTS) is 1. The Bertz CT molecular complexity index is 386. The molecular formula is C11H15NO3S. The van der Waals surface area contributed by atoms with Gasteiger partial charge in [-0.15, -0.1) is 0 Å². The quantitative estimate of drug-likeness (QED) is 0.857. The number of nitrogens with zero attached hydrogens (tertiary/aromatic N) is 1. The Morgan fingerprint density at radius 2 is 2.12 bits per heavy atom. The molecule has 1 heterocycles. The van der Waals surface area contributed by atoms with E-state index in [0.29, 0.717) is 18.5 Å². The van der Waals surface area contributed by atoms with Gasteiger partial charge in [-0.25, -0.2) is 0 Å². The molecule has 0 spiro atoms. The Labute approximate surface area is 98.5 Å². The Morgan fingerprint density at radius 3 is 2.62 bits per heavy atom. The first-order valence-corrected chi connectivity index (χ1v) is 5.96. The fraction of sp³-hybridized carbons (Fsp3) is 0.455. The Kier molecular flexibility index (Phi) is 4.49. The predicted octanol–water partition coefficient (Wildman–Crippen LogP) is 1.99. The van der Waals surface area contributed by atoms with E-state index in [1.54, 1.807) is 11.9 Å². The number of rotatable bonds is 5. The molecule has 5 heteroatoms. The summed E-state index contributed by atoms with van der Waals surface area (Å²) < 4.78 is 0. The zero-order valence-electron chi connectivity index (χ0n) is 9.40. The average molecular weight is 241 g/mol. The van der Waals surface area contributed by atoms with Gasteiger partial charge in [0.25, 0.3) is 5.91 Å². The molecule has 16 heavy (non-hydrogen) atoms. The number of hydrogen-bond donors (Lipinski definition) is 1. The van der Waals surface area contributed by atoms with Crippen molar-refractivity contribution in [3.05, 3.63) is 21.9 Å². The van der Waals surface area contributed by atoms with Crippen molar-refractivity contribution >= 4 is 23.2 Å². The molecule has 4 nitrogen and oxygen atoms in total. The van der Waals surface area contributed by atoms with Gasteiger partial charge in [0, 0.05) is 25.4 Å². The molecule has 0 unspecified atom stereocenters. The summed E-state index contributed by atoms with van der Waals surface area (Å²) in [6, 6.07) is 0. The summed E-state index contributed by atoms with van der Waals surface area (Å²) in [7, 11) is 1.70. The number of hydrogen-bond acceptors (Lipinski definition) is 3. The van der Waals surface area contributed by atoms with Crippen LogP contribution in [0.1, 0.15) is 28.8 Å². The molecule has 0 fully saturated rings. The fourth-order valence-electron chi connectivity index (χ4n) is 1.35. The summed E-state index contributed by atoms with van der Waals surface area (Å²) in [5, 5.41) is 12.2. The number of aryl methyl sites for hydroxylation is 1. The first-order chi connectivity index (χ1) is 7.52. The largest absolute Gasteiger partial charge is 0.481 e. The second-order valence-electron chi connectivity index (χ2n) is 3.69. The third-order valence-corrected chi connectivity index (χ3v) is 3.18. The predicted molar refractivity (Wildman–Crippen MR) is 62.9 cm³/mol. The third-order valence-electron chi connectivity index (χ3n) is 2.32. The van der Waals surface area contributed by atoms with Crippen LogP contribution < -0.4 is 0 Å². The lowest BCUT2D eigenvalue weighted by atomic mass is 10.2. The maximum atomic E-state index is 11.9. The maximum Gasteiger partial charge on any atom is 0.303 e. The lowest BCUT2D eigenvalue weighted by Crippen LogP contribution is -2.28. The van der Waals surface area contributed by atoms with E-state index in [4.69, 9.17) is 5.11 Å². The molecule has 1 aromatic heterocycles. The van der Waals surface area contributed by atoms with Gasteiger partial charge in [0.1, 0.15) is 0 Å². The second-order valence-corrected chi connectivity index (χ2v) is 4.44. The van der Waals surface area contributed by atoms with E-state index in [2.05, 4.69) is 0 Å². The van der Waals surface area contributed by atoms with Crippen LogP contribution in [0.4, 0.5) is 0 Å². The highest BCUT2D eigenvalue weighted by atomic mass is 32.1. The van der Waals surface area contributed by atoms with Crippen molar-refractivity contribution in [2.45, 2.75) is 19.8 Å². The molecule has 88 valence electrons. The summed E-state index contributed by atoms with van der Waals surface area (Å²) in [5.41, 5.74) is 1.68. The minimum atomic E-state index is -0.826. The fourth-order valence-corrected chi connectivity index (χ4v) is 2.18. The van der Waals surface area contributed by atoms with Crippen molar-refractivity contribution in [2.75, 3.05) is 13.6 Å². The highest BCUT2D eigenvalue weighted by Gasteiger charge is 2.14. The summed E-state index contributed by atoms with van der Waals surface area (Å²) in [6.45, 7) is 2.37. The molecule has 1 N–H and O–H groups in total. The molecule has 0 aliphatic rings. The summed E-state index contributed by atoms with van der Waals surface area (Å²) >= 11 is 1.50. The minimum Gasteiger partial charge on any atom is -0.481 e. The van der Waals surface area contributed by atoms with Gasteiger partial charge in [0.2, 0.25) is 0 Å². The van der Waals surface area contributed by atoms with Crippen LogP contribution in [0.2, 0.25) is 0 Å². The Hall–Kier alpha value is -1.36. The standard InChI is InChI=1S/C11H15NO3S/c1-8-6-16-7-9(8)11(15)12(2)5-3-4-10(13)14/h6-7H,3-5H2,1-2H3,(H,13,14). The monoisotopic (exact) mass is 241 g/mol. The first kappa shape index (κ1) is 12.7. The Morgan fingerprint density at radius 1 is 1.44 bits per heavy atom. The van der Waals surface area contributed by atoms with Crippen molar-refractivity contribution < 1.29 is 14.7 Å². The Balaban J connectivity index is 2.49. The summed E-state index contributed by atoms with van der Waals surface area (Å²) in [4.78, 5) is 23.8. The number of carbonyl (C=O) groups is 2. The summed E-state index contributed by atoms with van der Waals surface area (Å²) in [6.07, 6.45) is 0.584. The molecular weight excluding hydrogens is 226 g/mol. The van der Waals surface area contributed by atoms with E-state index in [1.807, 2.05) is 17.7 Å². The second kappa shape index (κ2) is 5.65. The van der Waals surface area contributed by atoms with E-state index in [9.17, 15) is 9.59 Å². The van der Waals surface area contributed by atoms with Crippen LogP contribution >= 0.6 is 11.3 Å². The van der Waals surface area contributed by atoms with Crippen molar-refractivity contribution in [1.82, 2.24) is 4.90 Å². The highest BCUT2D eigenvalue weighted by Crippen LogP contribution is 2.15. The van der Waals surface area contributed by atoms with Crippen molar-refractivity contribution in [2.24, 2.45) is 0 Å². The lowest BCUT2D eigenvalue weighted by Gasteiger charge is -2.16. The summed E-state index contributed by atoms with van der Waals surface area (Å²) in [5.74, 6) is -0.864. The first-order valence-electron chi connectivity index (χ1n) is 5.02. The van der Waals surface area contributed by atoms with Gasteiger partial charge >= 0.3 is 5.97 Å². The zero-order chi connectivity index (χ0) is 12.1. The molecule has 0 saturated heterocycles. The van der Waals surface area contributed by atoms with Crippen molar-refractivity contribution in [1.29, 1.82) is 0 Å². The van der Waals surface area contributed by atoms with Gasteiger partial charge in [0.05, 0.1) is 5.56 Å². The molecule has 0 aromatic carbocycles.